The summed E-state index contributed by atoms with van der Waals surface area (Å²) in [6.45, 7) is 5.64. The summed E-state index contributed by atoms with van der Waals surface area (Å²) in [4.78, 5) is 17.7. The maximum absolute atomic E-state index is 12.9. The number of aryl methyl sites for hydroxylation is 2. The lowest BCUT2D eigenvalue weighted by molar-refractivity contribution is 0.536. The Morgan fingerprint density at radius 2 is 2.04 bits per heavy atom. The summed E-state index contributed by atoms with van der Waals surface area (Å²) in [5.41, 5.74) is 10.3. The van der Waals surface area contributed by atoms with Gasteiger partial charge in [-0.2, -0.15) is 0 Å². The molecule has 0 bridgehead atoms. The Bertz CT molecular complexity index is 946. The number of hydrogen-bond donors (Lipinski definition) is 1. The monoisotopic (exact) mass is 387 g/mol. The van der Waals surface area contributed by atoms with Gasteiger partial charge >= 0.3 is 0 Å². The van der Waals surface area contributed by atoms with Crippen molar-refractivity contribution in [2.45, 2.75) is 50.6 Å². The Balaban J connectivity index is 1.87. The van der Waals surface area contributed by atoms with E-state index in [1.165, 1.54) is 28.0 Å². The molecule has 0 atom stereocenters. The number of nitrogens with two attached hydrogens (primary N) is 1. The van der Waals surface area contributed by atoms with Gasteiger partial charge in [-0.15, -0.1) is 11.3 Å². The second-order valence-corrected chi connectivity index (χ2v) is 8.41. The van der Waals surface area contributed by atoms with Gasteiger partial charge in [0.25, 0.3) is 5.56 Å². The predicted molar refractivity (Wildman–Crippen MR) is 112 cm³/mol. The average Bonchev–Trinajstić information content (AvgIpc) is 3.10. The summed E-state index contributed by atoms with van der Waals surface area (Å²) < 4.78 is 2.60. The van der Waals surface area contributed by atoms with Crippen molar-refractivity contribution in [1.29, 1.82) is 0 Å². The third-order valence-electron chi connectivity index (χ3n) is 4.48. The van der Waals surface area contributed by atoms with Crippen molar-refractivity contribution in [3.8, 4) is 0 Å². The molecule has 2 N–H and O–H groups in total. The first-order valence-corrected chi connectivity index (χ1v) is 10.8. The molecule has 0 saturated heterocycles. The largest absolute Gasteiger partial charge is 0.330 e. The number of nitrogens with zero attached hydrogens (tertiary/aromatic N) is 2. The van der Waals surface area contributed by atoms with Gasteiger partial charge in [0.2, 0.25) is 0 Å². The van der Waals surface area contributed by atoms with Crippen molar-refractivity contribution >= 4 is 33.3 Å². The van der Waals surface area contributed by atoms with Crippen LogP contribution in [0.5, 0.6) is 0 Å². The van der Waals surface area contributed by atoms with Gasteiger partial charge in [-0.25, -0.2) is 4.98 Å². The van der Waals surface area contributed by atoms with Crippen LogP contribution in [0.1, 0.15) is 36.0 Å². The smallest absolute Gasteiger partial charge is 0.272 e. The number of benzene rings is 1. The van der Waals surface area contributed by atoms with Crippen LogP contribution in [-0.2, 0) is 12.3 Å². The minimum absolute atomic E-state index is 0.0845. The fourth-order valence-electron chi connectivity index (χ4n) is 2.92. The topological polar surface area (TPSA) is 60.9 Å². The van der Waals surface area contributed by atoms with E-state index in [0.29, 0.717) is 13.1 Å². The Hall–Kier alpha value is -1.63. The summed E-state index contributed by atoms with van der Waals surface area (Å²) in [7, 11) is 0. The molecular weight excluding hydrogens is 362 g/mol. The van der Waals surface area contributed by atoms with E-state index in [2.05, 4.69) is 32.0 Å². The van der Waals surface area contributed by atoms with Crippen molar-refractivity contribution in [3.05, 3.63) is 56.7 Å². The molecule has 3 aromatic rings. The SMILES string of the molecule is Cc1ccc(C)c(CSc2nc3ccsc3c(=O)n2CCCCCN)c1. The number of thioether (sulfide) groups is 1. The van der Waals surface area contributed by atoms with Gasteiger partial charge in [0.15, 0.2) is 5.16 Å². The fraction of sp³-hybridized carbons (Fsp3) is 0.400. The lowest BCUT2D eigenvalue weighted by Crippen LogP contribution is -2.22. The van der Waals surface area contributed by atoms with Crippen molar-refractivity contribution in [2.24, 2.45) is 5.73 Å². The summed E-state index contributed by atoms with van der Waals surface area (Å²) in [6, 6.07) is 8.43. The highest BCUT2D eigenvalue weighted by molar-refractivity contribution is 7.98. The first kappa shape index (κ1) is 19.1. The van der Waals surface area contributed by atoms with Crippen LogP contribution < -0.4 is 11.3 Å². The van der Waals surface area contributed by atoms with E-state index in [9.17, 15) is 4.79 Å². The van der Waals surface area contributed by atoms with Gasteiger partial charge in [-0.3, -0.25) is 9.36 Å². The van der Waals surface area contributed by atoms with Crippen LogP contribution in [0.25, 0.3) is 10.2 Å². The number of rotatable bonds is 8. The zero-order valence-corrected chi connectivity index (χ0v) is 17.0. The van der Waals surface area contributed by atoms with E-state index in [0.717, 1.165) is 40.4 Å². The first-order chi connectivity index (χ1) is 12.6. The van der Waals surface area contributed by atoms with Gasteiger partial charge in [-0.05, 0) is 55.8 Å². The number of fused-ring (bicyclic) bond motifs is 1. The second-order valence-electron chi connectivity index (χ2n) is 6.55. The lowest BCUT2D eigenvalue weighted by atomic mass is 10.1. The quantitative estimate of drug-likeness (QED) is 0.351. The average molecular weight is 388 g/mol. The summed E-state index contributed by atoms with van der Waals surface area (Å²) >= 11 is 3.13. The molecule has 26 heavy (non-hydrogen) atoms. The molecule has 1 aromatic carbocycles. The Kier molecular flexibility index (Phi) is 6.51. The van der Waals surface area contributed by atoms with Crippen molar-refractivity contribution in [3.63, 3.8) is 0 Å². The zero-order chi connectivity index (χ0) is 18.5. The number of unbranched alkanes of at least 4 members (excludes halogenated alkanes) is 2. The summed E-state index contributed by atoms with van der Waals surface area (Å²) in [5, 5.41) is 2.76. The number of hydrogen-bond acceptors (Lipinski definition) is 5. The molecule has 0 amide bonds. The number of thiophene rings is 1. The predicted octanol–water partition coefficient (Wildman–Crippen LogP) is 4.50. The lowest BCUT2D eigenvalue weighted by Gasteiger charge is -2.13. The van der Waals surface area contributed by atoms with Crippen molar-refractivity contribution in [1.82, 2.24) is 9.55 Å². The van der Waals surface area contributed by atoms with Crippen LogP contribution in [0, 0.1) is 13.8 Å². The molecule has 0 radical (unpaired) electrons. The minimum Gasteiger partial charge on any atom is -0.330 e. The van der Waals surface area contributed by atoms with Gasteiger partial charge in [0.1, 0.15) is 4.70 Å². The summed E-state index contributed by atoms with van der Waals surface area (Å²) in [5.74, 6) is 0.818. The molecule has 4 nitrogen and oxygen atoms in total. The molecule has 3 rings (SSSR count). The van der Waals surface area contributed by atoms with E-state index in [-0.39, 0.29) is 5.56 Å². The molecule has 0 spiro atoms. The van der Waals surface area contributed by atoms with Gasteiger partial charge in [0, 0.05) is 12.3 Å². The van der Waals surface area contributed by atoms with Crippen LogP contribution >= 0.6 is 23.1 Å². The first-order valence-electron chi connectivity index (χ1n) is 8.97. The molecular formula is C20H25N3OS2. The minimum atomic E-state index is 0.0845. The molecule has 2 heterocycles. The maximum Gasteiger partial charge on any atom is 0.272 e. The highest BCUT2D eigenvalue weighted by Crippen LogP contribution is 2.26. The fourth-order valence-corrected chi connectivity index (χ4v) is 4.79. The van der Waals surface area contributed by atoms with E-state index >= 15 is 0 Å². The van der Waals surface area contributed by atoms with Crippen LogP contribution in [0.15, 0.2) is 39.6 Å². The zero-order valence-electron chi connectivity index (χ0n) is 15.3. The molecule has 138 valence electrons. The Morgan fingerprint density at radius 1 is 1.19 bits per heavy atom. The standard InChI is InChI=1S/C20H25N3OS2/c1-14-6-7-15(2)16(12-14)13-26-20-22-17-8-11-25-18(17)19(24)23(20)10-5-3-4-9-21/h6-8,11-12H,3-5,9-10,13,21H2,1-2H3. The van der Waals surface area contributed by atoms with Crippen molar-refractivity contribution in [2.75, 3.05) is 6.54 Å². The van der Waals surface area contributed by atoms with E-state index in [1.807, 2.05) is 16.0 Å². The Morgan fingerprint density at radius 3 is 2.85 bits per heavy atom. The molecule has 2 aromatic heterocycles. The van der Waals surface area contributed by atoms with Gasteiger partial charge in [0.05, 0.1) is 5.52 Å². The van der Waals surface area contributed by atoms with E-state index in [4.69, 9.17) is 10.7 Å². The Labute approximate surface area is 162 Å². The molecule has 0 saturated carbocycles. The molecule has 0 unspecified atom stereocenters. The third kappa shape index (κ3) is 4.37. The van der Waals surface area contributed by atoms with Gasteiger partial charge in [-0.1, -0.05) is 41.9 Å². The van der Waals surface area contributed by atoms with Gasteiger partial charge < -0.3 is 5.73 Å². The molecule has 0 aliphatic heterocycles. The highest BCUT2D eigenvalue weighted by atomic mass is 32.2. The highest BCUT2D eigenvalue weighted by Gasteiger charge is 2.13. The molecule has 0 fully saturated rings. The normalized spacial score (nSPS) is 11.3. The maximum atomic E-state index is 12.9. The van der Waals surface area contributed by atoms with Crippen LogP contribution in [-0.4, -0.2) is 16.1 Å². The number of aromatic nitrogens is 2. The molecule has 0 aliphatic carbocycles. The summed E-state index contributed by atoms with van der Waals surface area (Å²) in [6.07, 6.45) is 2.98. The van der Waals surface area contributed by atoms with Crippen LogP contribution in [0.4, 0.5) is 0 Å². The van der Waals surface area contributed by atoms with E-state index < -0.39 is 0 Å². The van der Waals surface area contributed by atoms with Crippen LogP contribution in [0.3, 0.4) is 0 Å². The molecule has 6 heteroatoms. The van der Waals surface area contributed by atoms with Crippen LogP contribution in [0.2, 0.25) is 0 Å². The third-order valence-corrected chi connectivity index (χ3v) is 6.39. The van der Waals surface area contributed by atoms with Crippen molar-refractivity contribution < 1.29 is 0 Å². The second kappa shape index (κ2) is 8.84. The van der Waals surface area contributed by atoms with E-state index in [1.54, 1.807) is 11.8 Å². The molecule has 0 aliphatic rings.